The van der Waals surface area contributed by atoms with E-state index in [4.69, 9.17) is 9.47 Å². The summed E-state index contributed by atoms with van der Waals surface area (Å²) in [5.74, 6) is 1.13. The molecule has 1 spiro atoms. The second kappa shape index (κ2) is 4.71. The molecule has 1 aliphatic carbocycles. The highest BCUT2D eigenvalue weighted by Crippen LogP contribution is 2.52. The zero-order valence-corrected chi connectivity index (χ0v) is 12.7. The molecule has 5 aliphatic rings. The van der Waals surface area contributed by atoms with Gasteiger partial charge in [-0.25, -0.2) is 0 Å². The van der Waals surface area contributed by atoms with Crippen molar-refractivity contribution in [3.05, 3.63) is 59.4 Å². The average Bonchev–Trinajstić information content (AvgIpc) is 2.84. The standard InChI is InChI=1S/C19H21NO2/c1-2-6-14(7-3-1)18-21-17-15-8-4-5-9-16(15)20-12-10-19(17,22-18)11-13-20/h1-4,6-8,16,18H,5,9-13H2. The summed E-state index contributed by atoms with van der Waals surface area (Å²) in [7, 11) is 0. The molecule has 4 aliphatic heterocycles. The number of nitrogens with zero attached hydrogens (tertiary/aromatic N) is 1. The van der Waals surface area contributed by atoms with Crippen LogP contribution in [0.1, 0.15) is 37.5 Å². The Balaban J connectivity index is 1.61. The maximum absolute atomic E-state index is 6.51. The second-order valence-corrected chi connectivity index (χ2v) is 6.79. The van der Waals surface area contributed by atoms with Crippen molar-refractivity contribution in [2.45, 2.75) is 43.6 Å². The van der Waals surface area contributed by atoms with E-state index in [2.05, 4.69) is 41.3 Å². The highest BCUT2D eigenvalue weighted by atomic mass is 16.7. The van der Waals surface area contributed by atoms with Crippen LogP contribution in [0.15, 0.2) is 53.8 Å². The molecule has 2 atom stereocenters. The van der Waals surface area contributed by atoms with E-state index in [-0.39, 0.29) is 11.9 Å². The Morgan fingerprint density at radius 2 is 1.91 bits per heavy atom. The molecular weight excluding hydrogens is 274 g/mol. The van der Waals surface area contributed by atoms with Crippen LogP contribution in [0.2, 0.25) is 0 Å². The molecule has 3 nitrogen and oxygen atoms in total. The monoisotopic (exact) mass is 295 g/mol. The van der Waals surface area contributed by atoms with Crippen LogP contribution >= 0.6 is 0 Å². The van der Waals surface area contributed by atoms with E-state index in [1.165, 1.54) is 18.4 Å². The number of ether oxygens (including phenoxy) is 2. The SMILES string of the molecule is C1=CC2=C3OC(c4ccccc4)OC34CCN(CC4)C2CC1. The second-order valence-electron chi connectivity index (χ2n) is 6.79. The molecule has 2 bridgehead atoms. The summed E-state index contributed by atoms with van der Waals surface area (Å²) in [6.45, 7) is 2.24. The van der Waals surface area contributed by atoms with E-state index in [0.29, 0.717) is 6.04 Å². The minimum absolute atomic E-state index is 0.192. The number of allylic oxidation sites excluding steroid dienone is 1. The number of piperidine rings is 1. The van der Waals surface area contributed by atoms with Gasteiger partial charge >= 0.3 is 0 Å². The van der Waals surface area contributed by atoms with Gasteiger partial charge in [-0.1, -0.05) is 42.5 Å². The lowest BCUT2D eigenvalue weighted by Gasteiger charge is -2.37. The van der Waals surface area contributed by atoms with Crippen LogP contribution in [0.3, 0.4) is 0 Å². The fourth-order valence-electron chi connectivity index (χ4n) is 4.45. The molecule has 0 saturated carbocycles. The number of hydrogen-bond acceptors (Lipinski definition) is 3. The van der Waals surface area contributed by atoms with Crippen LogP contribution in [0.25, 0.3) is 0 Å². The van der Waals surface area contributed by atoms with Gasteiger partial charge in [-0.05, 0) is 25.7 Å². The molecule has 22 heavy (non-hydrogen) atoms. The predicted octanol–water partition coefficient (Wildman–Crippen LogP) is 3.55. The molecule has 3 heteroatoms. The smallest absolute Gasteiger partial charge is 0.227 e. The molecule has 1 aromatic carbocycles. The Bertz CT molecular complexity index is 641. The molecule has 2 fully saturated rings. The molecule has 114 valence electrons. The number of rotatable bonds is 1. The minimum atomic E-state index is -0.246. The summed E-state index contributed by atoms with van der Waals surface area (Å²) in [4.78, 5) is 2.62. The Morgan fingerprint density at radius 3 is 2.73 bits per heavy atom. The molecule has 0 aromatic heterocycles. The molecular formula is C19H21NO2. The van der Waals surface area contributed by atoms with Crippen molar-refractivity contribution in [3.63, 3.8) is 0 Å². The van der Waals surface area contributed by atoms with Gasteiger partial charge in [0.05, 0.1) is 0 Å². The van der Waals surface area contributed by atoms with Gasteiger partial charge in [-0.3, -0.25) is 4.90 Å². The van der Waals surface area contributed by atoms with Crippen molar-refractivity contribution in [3.8, 4) is 0 Å². The molecule has 0 amide bonds. The van der Waals surface area contributed by atoms with Crippen molar-refractivity contribution in [2.75, 3.05) is 13.1 Å². The summed E-state index contributed by atoms with van der Waals surface area (Å²) in [5, 5.41) is 0. The van der Waals surface area contributed by atoms with Gasteiger partial charge in [-0.2, -0.15) is 0 Å². The van der Waals surface area contributed by atoms with E-state index < -0.39 is 0 Å². The van der Waals surface area contributed by atoms with Gasteiger partial charge in [0, 0.05) is 30.3 Å². The molecule has 4 heterocycles. The zero-order chi connectivity index (χ0) is 14.6. The summed E-state index contributed by atoms with van der Waals surface area (Å²) >= 11 is 0. The average molecular weight is 295 g/mol. The van der Waals surface area contributed by atoms with Gasteiger partial charge in [-0.15, -0.1) is 0 Å². The number of benzene rings is 1. The molecule has 2 unspecified atom stereocenters. The summed E-state index contributed by atoms with van der Waals surface area (Å²) in [6, 6.07) is 10.9. The number of hydrogen-bond donors (Lipinski definition) is 0. The molecule has 1 aromatic rings. The lowest BCUT2D eigenvalue weighted by atomic mass is 9.88. The lowest BCUT2D eigenvalue weighted by Crippen LogP contribution is -2.45. The van der Waals surface area contributed by atoms with Crippen molar-refractivity contribution in [2.24, 2.45) is 0 Å². The predicted molar refractivity (Wildman–Crippen MR) is 84.1 cm³/mol. The topological polar surface area (TPSA) is 21.7 Å². The van der Waals surface area contributed by atoms with Crippen molar-refractivity contribution >= 4 is 0 Å². The summed E-state index contributed by atoms with van der Waals surface area (Å²) < 4.78 is 12.9. The summed E-state index contributed by atoms with van der Waals surface area (Å²) in [5.41, 5.74) is 2.31. The zero-order valence-electron chi connectivity index (χ0n) is 12.7. The van der Waals surface area contributed by atoms with E-state index in [1.807, 2.05) is 6.07 Å². The van der Waals surface area contributed by atoms with E-state index in [0.717, 1.165) is 37.3 Å². The fourth-order valence-corrected chi connectivity index (χ4v) is 4.45. The molecule has 6 rings (SSSR count). The Kier molecular flexibility index (Phi) is 2.76. The first kappa shape index (κ1) is 12.9. The number of fused-ring (bicyclic) bond motifs is 2. The van der Waals surface area contributed by atoms with Crippen LogP contribution in [-0.4, -0.2) is 29.6 Å². The Hall–Kier alpha value is -1.58. The largest absolute Gasteiger partial charge is 0.461 e. The van der Waals surface area contributed by atoms with Crippen LogP contribution in [0.4, 0.5) is 0 Å². The van der Waals surface area contributed by atoms with Crippen molar-refractivity contribution < 1.29 is 9.47 Å². The van der Waals surface area contributed by atoms with Crippen molar-refractivity contribution in [1.82, 2.24) is 4.90 Å². The molecule has 0 N–H and O–H groups in total. The molecule has 0 radical (unpaired) electrons. The van der Waals surface area contributed by atoms with Gasteiger partial charge < -0.3 is 9.47 Å². The van der Waals surface area contributed by atoms with Crippen molar-refractivity contribution in [1.29, 1.82) is 0 Å². The lowest BCUT2D eigenvalue weighted by molar-refractivity contribution is -0.111. The third kappa shape index (κ3) is 1.76. The first-order valence-corrected chi connectivity index (χ1v) is 8.40. The normalized spacial score (nSPS) is 39.2. The quantitative estimate of drug-likeness (QED) is 0.791. The van der Waals surface area contributed by atoms with Crippen LogP contribution < -0.4 is 0 Å². The van der Waals surface area contributed by atoms with Crippen LogP contribution in [-0.2, 0) is 9.47 Å². The Morgan fingerprint density at radius 1 is 1.09 bits per heavy atom. The first-order chi connectivity index (χ1) is 10.9. The molecule has 2 saturated heterocycles. The fraction of sp³-hybridized carbons (Fsp3) is 0.474. The van der Waals surface area contributed by atoms with Gasteiger partial charge in [0.25, 0.3) is 0 Å². The maximum atomic E-state index is 6.51. The third-order valence-electron chi connectivity index (χ3n) is 5.61. The van der Waals surface area contributed by atoms with Gasteiger partial charge in [0.2, 0.25) is 6.29 Å². The van der Waals surface area contributed by atoms with E-state index in [9.17, 15) is 0 Å². The summed E-state index contributed by atoms with van der Waals surface area (Å²) in [6.07, 6.45) is 8.83. The van der Waals surface area contributed by atoms with Crippen LogP contribution in [0.5, 0.6) is 0 Å². The first-order valence-electron chi connectivity index (χ1n) is 8.40. The van der Waals surface area contributed by atoms with Crippen LogP contribution in [0, 0.1) is 0 Å². The van der Waals surface area contributed by atoms with Gasteiger partial charge in [0.15, 0.2) is 0 Å². The highest BCUT2D eigenvalue weighted by Gasteiger charge is 2.54. The Labute approximate surface area is 131 Å². The van der Waals surface area contributed by atoms with Gasteiger partial charge in [0.1, 0.15) is 11.4 Å². The minimum Gasteiger partial charge on any atom is -0.461 e. The van der Waals surface area contributed by atoms with E-state index >= 15 is 0 Å². The van der Waals surface area contributed by atoms with E-state index in [1.54, 1.807) is 0 Å². The maximum Gasteiger partial charge on any atom is 0.227 e. The highest BCUT2D eigenvalue weighted by molar-refractivity contribution is 5.39. The third-order valence-corrected chi connectivity index (χ3v) is 5.61.